The Morgan fingerprint density at radius 1 is 1.14 bits per heavy atom. The highest BCUT2D eigenvalue weighted by atomic mass is 35.5. The van der Waals surface area contributed by atoms with E-state index in [1.54, 1.807) is 24.5 Å². The number of nitrogens with one attached hydrogen (secondary N) is 1. The average molecular weight is 410 g/mol. The minimum Gasteiger partial charge on any atom is -0.492 e. The summed E-state index contributed by atoms with van der Waals surface area (Å²) in [6, 6.07) is 13.2. The van der Waals surface area contributed by atoms with Gasteiger partial charge in [-0.05, 0) is 61.8 Å². The van der Waals surface area contributed by atoms with Crippen molar-refractivity contribution in [3.8, 4) is 5.75 Å². The molecule has 3 aromatic rings. The van der Waals surface area contributed by atoms with Crippen molar-refractivity contribution in [2.45, 2.75) is 19.3 Å². The topological polar surface area (TPSA) is 54.5 Å². The molecule has 0 spiro atoms. The molecule has 1 amide bonds. The predicted molar refractivity (Wildman–Crippen MR) is 117 cm³/mol. The third-order valence-electron chi connectivity index (χ3n) is 5.13. The van der Waals surface area contributed by atoms with Gasteiger partial charge in [-0.25, -0.2) is 0 Å². The normalized spacial score (nSPS) is 14.2. The molecule has 0 unspecified atom stereocenters. The second-order valence-electron chi connectivity index (χ2n) is 7.32. The molecule has 1 N–H and O–H groups in total. The summed E-state index contributed by atoms with van der Waals surface area (Å²) in [6.07, 6.45) is 6.29. The number of hydrogen-bond acceptors (Lipinski definition) is 4. The number of benzene rings is 2. The number of aromatic nitrogens is 1. The van der Waals surface area contributed by atoms with E-state index in [9.17, 15) is 4.79 Å². The maximum Gasteiger partial charge on any atom is 0.228 e. The van der Waals surface area contributed by atoms with Gasteiger partial charge in [0.2, 0.25) is 5.91 Å². The molecule has 0 atom stereocenters. The summed E-state index contributed by atoms with van der Waals surface area (Å²) in [6.45, 7) is 3.97. The number of hydrogen-bond donors (Lipinski definition) is 1. The van der Waals surface area contributed by atoms with Crippen molar-refractivity contribution in [3.63, 3.8) is 0 Å². The number of halogens is 1. The van der Waals surface area contributed by atoms with Crippen LogP contribution < -0.4 is 10.1 Å². The van der Waals surface area contributed by atoms with Crippen LogP contribution in [0.1, 0.15) is 18.4 Å². The Hall–Kier alpha value is -2.63. The summed E-state index contributed by atoms with van der Waals surface area (Å²) in [5.74, 6) is 0.716. The van der Waals surface area contributed by atoms with Gasteiger partial charge in [-0.1, -0.05) is 23.7 Å². The van der Waals surface area contributed by atoms with Gasteiger partial charge in [0.25, 0.3) is 0 Å². The maximum absolute atomic E-state index is 12.5. The molecule has 1 aliphatic heterocycles. The van der Waals surface area contributed by atoms with Crippen LogP contribution in [0.5, 0.6) is 5.75 Å². The summed E-state index contributed by atoms with van der Waals surface area (Å²) < 4.78 is 5.92. The quantitative estimate of drug-likeness (QED) is 0.622. The fourth-order valence-corrected chi connectivity index (χ4v) is 3.88. The lowest BCUT2D eigenvalue weighted by atomic mass is 10.1. The first-order chi connectivity index (χ1) is 14.2. The smallest absolute Gasteiger partial charge is 0.228 e. The summed E-state index contributed by atoms with van der Waals surface area (Å²) in [5, 5.41) is 5.46. The monoisotopic (exact) mass is 409 g/mol. The molecule has 2 heterocycles. The Bertz CT molecular complexity index is 1000. The molecule has 1 saturated heterocycles. The molecule has 5 nitrogen and oxygen atoms in total. The number of carbonyl (C=O) groups excluding carboxylic acids is 1. The number of likely N-dealkylation sites (tertiary alicyclic amines) is 1. The van der Waals surface area contributed by atoms with Gasteiger partial charge < -0.3 is 10.1 Å². The van der Waals surface area contributed by atoms with Gasteiger partial charge >= 0.3 is 0 Å². The molecule has 29 heavy (non-hydrogen) atoms. The molecule has 4 rings (SSSR count). The largest absolute Gasteiger partial charge is 0.492 e. The highest BCUT2D eigenvalue weighted by Crippen LogP contribution is 2.26. The Morgan fingerprint density at radius 3 is 2.83 bits per heavy atom. The second kappa shape index (κ2) is 9.25. The van der Waals surface area contributed by atoms with Crippen LogP contribution >= 0.6 is 11.6 Å². The minimum atomic E-state index is -0.104. The van der Waals surface area contributed by atoms with Gasteiger partial charge in [-0.2, -0.15) is 0 Å². The summed E-state index contributed by atoms with van der Waals surface area (Å²) in [7, 11) is 0. The molecule has 0 bridgehead atoms. The van der Waals surface area contributed by atoms with Crippen LogP contribution in [0.25, 0.3) is 10.8 Å². The first-order valence-corrected chi connectivity index (χ1v) is 10.3. The summed E-state index contributed by atoms with van der Waals surface area (Å²) in [5.41, 5.74) is 1.56. The lowest BCUT2D eigenvalue weighted by Crippen LogP contribution is -2.25. The summed E-state index contributed by atoms with van der Waals surface area (Å²) >= 11 is 6.00. The molecule has 0 aliphatic carbocycles. The van der Waals surface area contributed by atoms with Gasteiger partial charge in [0, 0.05) is 28.5 Å². The third kappa shape index (κ3) is 5.25. The van der Waals surface area contributed by atoms with Crippen molar-refractivity contribution in [3.05, 3.63) is 65.4 Å². The minimum absolute atomic E-state index is 0.104. The van der Waals surface area contributed by atoms with Crippen molar-refractivity contribution in [1.29, 1.82) is 0 Å². The molecule has 1 aliphatic rings. The number of fused-ring (bicyclic) bond motifs is 1. The van der Waals surface area contributed by atoms with Crippen LogP contribution in [-0.4, -0.2) is 42.0 Å². The first-order valence-electron chi connectivity index (χ1n) is 9.94. The zero-order chi connectivity index (χ0) is 20.1. The Kier molecular flexibility index (Phi) is 6.27. The van der Waals surface area contributed by atoms with Crippen LogP contribution in [0, 0.1) is 0 Å². The number of rotatable bonds is 7. The fourth-order valence-electron chi connectivity index (χ4n) is 3.67. The standard InChI is InChI=1S/C23H24ClN3O2/c24-19-5-3-4-17(12-19)13-23(28)26-22-16-25-15-18-14-20(6-7-21(18)22)29-11-10-27-8-1-2-9-27/h3-7,12,14-16H,1-2,8-11,13H2,(H,26,28). The fraction of sp³-hybridized carbons (Fsp3) is 0.304. The maximum atomic E-state index is 12.5. The molecule has 2 aromatic carbocycles. The second-order valence-corrected chi connectivity index (χ2v) is 7.76. The molecule has 1 fully saturated rings. The molecular weight excluding hydrogens is 386 g/mol. The number of carbonyl (C=O) groups is 1. The van der Waals surface area contributed by atoms with Crippen LogP contribution in [0.4, 0.5) is 5.69 Å². The lowest BCUT2D eigenvalue weighted by Gasteiger charge is -2.15. The van der Waals surface area contributed by atoms with Gasteiger partial charge in [0.15, 0.2) is 0 Å². The van der Waals surface area contributed by atoms with Gasteiger partial charge in [-0.3, -0.25) is 14.7 Å². The van der Waals surface area contributed by atoms with Gasteiger partial charge in [-0.15, -0.1) is 0 Å². The van der Waals surface area contributed by atoms with Gasteiger partial charge in [0.05, 0.1) is 18.3 Å². The lowest BCUT2D eigenvalue weighted by molar-refractivity contribution is -0.115. The molecule has 150 valence electrons. The van der Waals surface area contributed by atoms with Crippen molar-refractivity contribution < 1.29 is 9.53 Å². The highest BCUT2D eigenvalue weighted by Gasteiger charge is 2.12. The zero-order valence-electron chi connectivity index (χ0n) is 16.2. The SMILES string of the molecule is O=C(Cc1cccc(Cl)c1)Nc1cncc2cc(OCCN3CCCC3)ccc12. The van der Waals surface area contributed by atoms with E-state index < -0.39 is 0 Å². The number of pyridine rings is 1. The summed E-state index contributed by atoms with van der Waals surface area (Å²) in [4.78, 5) is 19.2. The van der Waals surface area contributed by atoms with E-state index in [0.717, 1.165) is 28.6 Å². The van der Waals surface area contributed by atoms with Crippen molar-refractivity contribution >= 4 is 34.0 Å². The van der Waals surface area contributed by atoms with Crippen LogP contribution in [-0.2, 0) is 11.2 Å². The predicted octanol–water partition coefficient (Wildman–Crippen LogP) is 4.54. The first kappa shape index (κ1) is 19.7. The zero-order valence-corrected chi connectivity index (χ0v) is 17.0. The number of anilines is 1. The van der Waals surface area contributed by atoms with E-state index in [1.165, 1.54) is 25.9 Å². The molecule has 0 radical (unpaired) electrons. The van der Waals surface area contributed by atoms with E-state index in [4.69, 9.17) is 16.3 Å². The van der Waals surface area contributed by atoms with Crippen molar-refractivity contribution in [1.82, 2.24) is 9.88 Å². The van der Waals surface area contributed by atoms with E-state index >= 15 is 0 Å². The number of nitrogens with zero attached hydrogens (tertiary/aromatic N) is 2. The van der Waals surface area contributed by atoms with Crippen molar-refractivity contribution in [2.75, 3.05) is 31.6 Å². The van der Waals surface area contributed by atoms with E-state index in [-0.39, 0.29) is 12.3 Å². The molecular formula is C23H24ClN3O2. The molecule has 0 saturated carbocycles. The van der Waals surface area contributed by atoms with Gasteiger partial charge in [0.1, 0.15) is 12.4 Å². The Balaban J connectivity index is 1.41. The van der Waals surface area contributed by atoms with Crippen LogP contribution in [0.15, 0.2) is 54.9 Å². The molecule has 6 heteroatoms. The molecule has 1 aromatic heterocycles. The van der Waals surface area contributed by atoms with Crippen molar-refractivity contribution in [2.24, 2.45) is 0 Å². The third-order valence-corrected chi connectivity index (χ3v) is 5.37. The highest BCUT2D eigenvalue weighted by molar-refractivity contribution is 6.30. The average Bonchev–Trinajstić information content (AvgIpc) is 3.21. The number of amides is 1. The van der Waals surface area contributed by atoms with Crippen LogP contribution in [0.2, 0.25) is 5.02 Å². The van der Waals surface area contributed by atoms with E-state index in [0.29, 0.717) is 17.3 Å². The van der Waals surface area contributed by atoms with E-state index in [2.05, 4.69) is 15.2 Å². The Labute approximate surface area is 175 Å². The number of ether oxygens (including phenoxy) is 1. The van der Waals surface area contributed by atoms with E-state index in [1.807, 2.05) is 30.3 Å². The Morgan fingerprint density at radius 2 is 2.00 bits per heavy atom. The van der Waals surface area contributed by atoms with Crippen LogP contribution in [0.3, 0.4) is 0 Å².